The average molecular weight is 156 g/mol. The molecule has 0 radical (unpaired) electrons. The number of allylic oxidation sites excluding steroid dienone is 6. The van der Waals surface area contributed by atoms with Crippen LogP contribution in [-0.4, -0.2) is 13.6 Å². The van der Waals surface area contributed by atoms with Gasteiger partial charge in [-0.2, -0.15) is 0 Å². The summed E-state index contributed by atoms with van der Waals surface area (Å²) >= 11 is 0. The minimum atomic E-state index is 0.814. The Morgan fingerprint density at radius 2 is 1.83 bits per heavy atom. The summed E-state index contributed by atoms with van der Waals surface area (Å²) in [6.07, 6.45) is 15.0. The minimum absolute atomic E-state index is 0.814. The van der Waals surface area contributed by atoms with E-state index in [-0.39, 0.29) is 0 Å². The Bertz CT molecular complexity index is 218. The van der Waals surface area contributed by atoms with E-state index in [0.29, 0.717) is 0 Å². The molecule has 1 aliphatic heterocycles. The standard InChI is InChI=1S/C10H14B2/c1-2-3-4-5-6-7-8-9-10-11-12-10/h2-7,10H,8-9H2,1H3/b3-2-,5-4-,7-6-. The zero-order chi connectivity index (χ0) is 8.65. The number of hydrogen-bond donors (Lipinski definition) is 0. The van der Waals surface area contributed by atoms with Crippen LogP contribution in [0.5, 0.6) is 0 Å². The molecular weight excluding hydrogens is 142 g/mol. The number of hydrogen-bond acceptors (Lipinski definition) is 0. The third-order valence-corrected chi connectivity index (χ3v) is 1.79. The fourth-order valence-electron chi connectivity index (χ4n) is 0.974. The van der Waals surface area contributed by atoms with Crippen molar-refractivity contribution in [2.75, 3.05) is 0 Å². The predicted molar refractivity (Wildman–Crippen MR) is 57.6 cm³/mol. The van der Waals surface area contributed by atoms with E-state index in [9.17, 15) is 0 Å². The summed E-state index contributed by atoms with van der Waals surface area (Å²) in [4.78, 5) is 0. The second kappa shape index (κ2) is 5.93. The van der Waals surface area contributed by atoms with Crippen LogP contribution in [0.25, 0.3) is 0 Å². The van der Waals surface area contributed by atoms with Crippen molar-refractivity contribution < 1.29 is 0 Å². The first-order valence-electron chi connectivity index (χ1n) is 4.56. The predicted octanol–water partition coefficient (Wildman–Crippen LogP) is 2.54. The molecule has 60 valence electrons. The summed E-state index contributed by atoms with van der Waals surface area (Å²) in [6, 6.07) is 0. The molecule has 0 aliphatic carbocycles. The van der Waals surface area contributed by atoms with Gasteiger partial charge in [-0.05, 0) is 0 Å². The SMILES string of the molecule is C\C=C/C=C\C=C/CCC1B=B1. The van der Waals surface area contributed by atoms with E-state index in [1.54, 1.807) is 0 Å². The van der Waals surface area contributed by atoms with Gasteiger partial charge in [0.25, 0.3) is 0 Å². The van der Waals surface area contributed by atoms with Crippen molar-refractivity contribution in [1.29, 1.82) is 0 Å². The summed E-state index contributed by atoms with van der Waals surface area (Å²) in [6.45, 7) is 6.53. The molecule has 0 aromatic carbocycles. The van der Waals surface area contributed by atoms with Gasteiger partial charge in [-0.1, -0.05) is 0 Å². The van der Waals surface area contributed by atoms with Crippen molar-refractivity contribution in [2.24, 2.45) is 0 Å². The van der Waals surface area contributed by atoms with Crippen molar-refractivity contribution in [1.82, 2.24) is 0 Å². The van der Waals surface area contributed by atoms with Crippen LogP contribution in [0.2, 0.25) is 5.72 Å². The zero-order valence-electron chi connectivity index (χ0n) is 7.61. The van der Waals surface area contributed by atoms with Crippen LogP contribution in [0.3, 0.4) is 0 Å². The molecule has 0 amide bonds. The van der Waals surface area contributed by atoms with Gasteiger partial charge in [-0.15, -0.1) is 0 Å². The molecule has 0 saturated carbocycles. The van der Waals surface area contributed by atoms with E-state index in [4.69, 9.17) is 0 Å². The van der Waals surface area contributed by atoms with Gasteiger partial charge < -0.3 is 0 Å². The number of rotatable bonds is 5. The van der Waals surface area contributed by atoms with Crippen molar-refractivity contribution >= 4 is 13.6 Å². The Hall–Kier alpha value is -0.650. The van der Waals surface area contributed by atoms with Gasteiger partial charge in [0.15, 0.2) is 0 Å². The third kappa shape index (κ3) is 5.06. The van der Waals surface area contributed by atoms with Gasteiger partial charge in [0, 0.05) is 0 Å². The molecule has 0 aromatic rings. The van der Waals surface area contributed by atoms with Crippen molar-refractivity contribution in [3.05, 3.63) is 36.5 Å². The molecule has 12 heavy (non-hydrogen) atoms. The zero-order valence-corrected chi connectivity index (χ0v) is 7.61. The summed E-state index contributed by atoms with van der Waals surface area (Å²) in [5, 5.41) is 0. The first-order chi connectivity index (χ1) is 5.93. The van der Waals surface area contributed by atoms with Gasteiger partial charge in [0.05, 0.1) is 0 Å². The molecule has 0 spiro atoms. The summed E-state index contributed by atoms with van der Waals surface area (Å²) in [5.74, 6) is 0. The molecule has 0 aromatic heterocycles. The first kappa shape index (κ1) is 9.44. The van der Waals surface area contributed by atoms with Gasteiger partial charge >= 0.3 is 75.5 Å². The molecule has 1 rings (SSSR count). The average Bonchev–Trinajstić information content (AvgIpc) is 2.87. The van der Waals surface area contributed by atoms with Gasteiger partial charge in [0.2, 0.25) is 0 Å². The van der Waals surface area contributed by atoms with E-state index in [1.165, 1.54) is 12.8 Å². The normalized spacial score (nSPS) is 16.1. The molecule has 0 unspecified atom stereocenters. The Morgan fingerprint density at radius 1 is 1.08 bits per heavy atom. The first-order valence-corrected chi connectivity index (χ1v) is 4.56. The van der Waals surface area contributed by atoms with Crippen LogP contribution in [0.4, 0.5) is 0 Å². The molecule has 0 bridgehead atoms. The molecular formula is C10H14B2. The second-order valence-electron chi connectivity index (χ2n) is 2.96. The quantitative estimate of drug-likeness (QED) is 0.423. The fraction of sp³-hybridized carbons (Fsp3) is 0.400. The fourth-order valence-corrected chi connectivity index (χ4v) is 0.974. The Morgan fingerprint density at radius 3 is 2.50 bits per heavy atom. The molecule has 0 saturated heterocycles. The molecule has 2 heteroatoms. The molecule has 0 atom stereocenters. The van der Waals surface area contributed by atoms with Crippen LogP contribution in [0, 0.1) is 0 Å². The van der Waals surface area contributed by atoms with Gasteiger partial charge in [-0.3, -0.25) is 0 Å². The van der Waals surface area contributed by atoms with E-state index < -0.39 is 0 Å². The van der Waals surface area contributed by atoms with Crippen LogP contribution in [-0.2, 0) is 0 Å². The van der Waals surface area contributed by atoms with E-state index in [0.717, 1.165) is 5.72 Å². The van der Waals surface area contributed by atoms with Crippen molar-refractivity contribution in [3.8, 4) is 0 Å². The monoisotopic (exact) mass is 156 g/mol. The van der Waals surface area contributed by atoms with Gasteiger partial charge in [0.1, 0.15) is 0 Å². The second-order valence-corrected chi connectivity index (χ2v) is 2.96. The van der Waals surface area contributed by atoms with Crippen molar-refractivity contribution in [2.45, 2.75) is 25.5 Å². The summed E-state index contributed by atoms with van der Waals surface area (Å²) < 4.78 is 0. The van der Waals surface area contributed by atoms with Crippen LogP contribution in [0.15, 0.2) is 36.5 Å². The van der Waals surface area contributed by atoms with E-state index in [1.807, 2.05) is 25.2 Å². The van der Waals surface area contributed by atoms with E-state index in [2.05, 4.69) is 31.8 Å². The Labute approximate surface area is 76.2 Å². The van der Waals surface area contributed by atoms with Crippen LogP contribution in [0.1, 0.15) is 19.8 Å². The van der Waals surface area contributed by atoms with Crippen LogP contribution >= 0.6 is 0 Å². The topological polar surface area (TPSA) is 0 Å². The third-order valence-electron chi connectivity index (χ3n) is 1.79. The molecule has 1 heterocycles. The van der Waals surface area contributed by atoms with Gasteiger partial charge in [-0.25, -0.2) is 0 Å². The Balaban J connectivity index is 1.96. The molecule has 1 aliphatic rings. The Kier molecular flexibility index (Phi) is 4.67. The van der Waals surface area contributed by atoms with Crippen molar-refractivity contribution in [3.63, 3.8) is 0 Å². The molecule has 0 fully saturated rings. The maximum atomic E-state index is 2.25. The molecule has 0 nitrogen and oxygen atoms in total. The van der Waals surface area contributed by atoms with Crippen LogP contribution < -0.4 is 0 Å². The van der Waals surface area contributed by atoms with E-state index >= 15 is 0 Å². The summed E-state index contributed by atoms with van der Waals surface area (Å²) in [5.41, 5.74) is 0.814. The maximum absolute atomic E-state index is 2.25. The summed E-state index contributed by atoms with van der Waals surface area (Å²) in [7, 11) is 0. The molecule has 0 N–H and O–H groups in total.